The van der Waals surface area contributed by atoms with Gasteiger partial charge in [-0.2, -0.15) is 0 Å². The average Bonchev–Trinajstić information content (AvgIpc) is 2.99. The smallest absolute Gasteiger partial charge is 0.310 e. The van der Waals surface area contributed by atoms with Crippen molar-refractivity contribution in [3.05, 3.63) is 70.2 Å². The molecular weight excluding hydrogens is 354 g/mol. The summed E-state index contributed by atoms with van der Waals surface area (Å²) in [4.78, 5) is 14.6. The fourth-order valence-electron chi connectivity index (χ4n) is 3.32. The van der Waals surface area contributed by atoms with Gasteiger partial charge in [0.2, 0.25) is 0 Å². The van der Waals surface area contributed by atoms with Crippen molar-refractivity contribution in [1.82, 2.24) is 4.90 Å². The van der Waals surface area contributed by atoms with Crippen LogP contribution < -0.4 is 0 Å². The van der Waals surface area contributed by atoms with Gasteiger partial charge in [0.25, 0.3) is 0 Å². The van der Waals surface area contributed by atoms with E-state index in [1.165, 1.54) is 18.2 Å². The van der Waals surface area contributed by atoms with Gasteiger partial charge in [0.05, 0.1) is 13.0 Å². The lowest BCUT2D eigenvalue weighted by molar-refractivity contribution is -0.145. The maximum Gasteiger partial charge on any atom is 0.310 e. The number of nitrogens with zero attached hydrogens (tertiary/aromatic N) is 1. The van der Waals surface area contributed by atoms with Gasteiger partial charge in [-0.25, -0.2) is 0 Å². The van der Waals surface area contributed by atoms with Crippen molar-refractivity contribution in [1.29, 1.82) is 0 Å². The number of likely N-dealkylation sites (tertiary alicyclic amines) is 1. The van der Waals surface area contributed by atoms with Crippen LogP contribution >= 0.6 is 15.9 Å². The molecule has 23 heavy (non-hydrogen) atoms. The molecule has 2 atom stereocenters. The topological polar surface area (TPSA) is 29.5 Å². The van der Waals surface area contributed by atoms with Gasteiger partial charge in [0.15, 0.2) is 0 Å². The molecule has 0 spiro atoms. The van der Waals surface area contributed by atoms with E-state index in [1.807, 2.05) is 18.2 Å². The molecule has 1 saturated heterocycles. The van der Waals surface area contributed by atoms with Crippen molar-refractivity contribution >= 4 is 21.9 Å². The van der Waals surface area contributed by atoms with E-state index in [0.29, 0.717) is 0 Å². The molecule has 2 aromatic carbocycles. The summed E-state index contributed by atoms with van der Waals surface area (Å²) in [6, 6.07) is 18.6. The van der Waals surface area contributed by atoms with Crippen molar-refractivity contribution in [2.75, 3.05) is 20.2 Å². The number of benzene rings is 2. The van der Waals surface area contributed by atoms with Gasteiger partial charge in [0, 0.05) is 30.0 Å². The summed E-state index contributed by atoms with van der Waals surface area (Å²) in [7, 11) is 1.47. The first-order valence-electron chi connectivity index (χ1n) is 7.77. The molecule has 4 heteroatoms. The second-order valence-electron chi connectivity index (χ2n) is 5.97. The number of carbonyl (C=O) groups is 1. The van der Waals surface area contributed by atoms with E-state index in [2.05, 4.69) is 57.2 Å². The highest BCUT2D eigenvalue weighted by molar-refractivity contribution is 9.10. The van der Waals surface area contributed by atoms with Crippen LogP contribution in [0.5, 0.6) is 0 Å². The van der Waals surface area contributed by atoms with Crippen LogP contribution in [-0.4, -0.2) is 31.1 Å². The van der Waals surface area contributed by atoms with Crippen LogP contribution in [0.15, 0.2) is 59.1 Å². The molecule has 0 saturated carbocycles. The zero-order chi connectivity index (χ0) is 16.2. The lowest BCUT2D eigenvalue weighted by Crippen LogP contribution is -2.24. The van der Waals surface area contributed by atoms with E-state index in [-0.39, 0.29) is 17.8 Å². The SMILES string of the molecule is COC(=O)[C@H]1CN(Cc2ccccc2)C[C@@H]1c1cccc(Br)c1. The number of methoxy groups -OCH3 is 1. The molecule has 3 nitrogen and oxygen atoms in total. The summed E-state index contributed by atoms with van der Waals surface area (Å²) in [6.45, 7) is 2.46. The Morgan fingerprint density at radius 2 is 1.96 bits per heavy atom. The van der Waals surface area contributed by atoms with Crippen LogP contribution in [0.2, 0.25) is 0 Å². The zero-order valence-corrected chi connectivity index (χ0v) is 14.7. The van der Waals surface area contributed by atoms with E-state index < -0.39 is 0 Å². The lowest BCUT2D eigenvalue weighted by atomic mass is 9.89. The third-order valence-corrected chi connectivity index (χ3v) is 4.92. The molecule has 0 aromatic heterocycles. The Morgan fingerprint density at radius 3 is 2.65 bits per heavy atom. The minimum absolute atomic E-state index is 0.113. The fourth-order valence-corrected chi connectivity index (χ4v) is 3.74. The highest BCUT2D eigenvalue weighted by Crippen LogP contribution is 2.35. The summed E-state index contributed by atoms with van der Waals surface area (Å²) in [5.74, 6) is -0.0628. The van der Waals surface area contributed by atoms with Crippen LogP contribution in [-0.2, 0) is 16.1 Å². The summed E-state index contributed by atoms with van der Waals surface area (Å²) in [6.07, 6.45) is 0. The van der Waals surface area contributed by atoms with Crippen molar-refractivity contribution in [2.24, 2.45) is 5.92 Å². The number of esters is 1. The Labute approximate surface area is 145 Å². The van der Waals surface area contributed by atoms with Gasteiger partial charge in [-0.15, -0.1) is 0 Å². The third-order valence-electron chi connectivity index (χ3n) is 4.43. The number of hydrogen-bond acceptors (Lipinski definition) is 3. The Kier molecular flexibility index (Phi) is 5.13. The molecule has 1 aliphatic rings. The normalized spacial score (nSPS) is 21.3. The first-order chi connectivity index (χ1) is 11.2. The Bertz CT molecular complexity index is 674. The third kappa shape index (κ3) is 3.82. The highest BCUT2D eigenvalue weighted by Gasteiger charge is 2.39. The molecule has 0 aliphatic carbocycles. The first-order valence-corrected chi connectivity index (χ1v) is 8.56. The van der Waals surface area contributed by atoms with Crippen LogP contribution in [0.4, 0.5) is 0 Å². The van der Waals surface area contributed by atoms with Crippen molar-refractivity contribution in [3.63, 3.8) is 0 Å². The van der Waals surface area contributed by atoms with E-state index in [0.717, 1.165) is 24.1 Å². The van der Waals surface area contributed by atoms with E-state index in [1.54, 1.807) is 0 Å². The monoisotopic (exact) mass is 373 g/mol. The molecule has 120 valence electrons. The molecule has 0 amide bonds. The largest absolute Gasteiger partial charge is 0.469 e. The van der Waals surface area contributed by atoms with Crippen molar-refractivity contribution in [3.8, 4) is 0 Å². The van der Waals surface area contributed by atoms with Crippen molar-refractivity contribution < 1.29 is 9.53 Å². The lowest BCUT2D eigenvalue weighted by Gasteiger charge is -2.17. The van der Waals surface area contributed by atoms with Gasteiger partial charge in [-0.05, 0) is 23.3 Å². The molecule has 1 heterocycles. The minimum atomic E-state index is -0.120. The highest BCUT2D eigenvalue weighted by atomic mass is 79.9. The number of halogens is 1. The standard InChI is InChI=1S/C19H20BrNO2/c1-23-19(22)18-13-21(11-14-6-3-2-4-7-14)12-17(18)15-8-5-9-16(20)10-15/h2-10,17-18H,11-13H2,1H3/t17-,18+/m1/s1. The second-order valence-corrected chi connectivity index (χ2v) is 6.89. The van der Waals surface area contributed by atoms with Crippen LogP contribution in [0, 0.1) is 5.92 Å². The summed E-state index contributed by atoms with van der Waals surface area (Å²) < 4.78 is 6.08. The van der Waals surface area contributed by atoms with E-state index in [9.17, 15) is 4.79 Å². The van der Waals surface area contributed by atoms with Gasteiger partial charge >= 0.3 is 5.97 Å². The van der Waals surface area contributed by atoms with Crippen LogP contribution in [0.3, 0.4) is 0 Å². The van der Waals surface area contributed by atoms with E-state index in [4.69, 9.17) is 4.74 Å². The number of hydrogen-bond donors (Lipinski definition) is 0. The molecule has 0 unspecified atom stereocenters. The molecule has 3 rings (SSSR count). The Balaban J connectivity index is 1.81. The molecule has 0 N–H and O–H groups in total. The summed E-state index contributed by atoms with van der Waals surface area (Å²) >= 11 is 3.52. The maximum absolute atomic E-state index is 12.2. The molecule has 1 fully saturated rings. The zero-order valence-electron chi connectivity index (χ0n) is 13.1. The summed E-state index contributed by atoms with van der Waals surface area (Å²) in [5, 5.41) is 0. The van der Waals surface area contributed by atoms with E-state index >= 15 is 0 Å². The fraction of sp³-hybridized carbons (Fsp3) is 0.316. The molecule has 0 radical (unpaired) electrons. The molecular formula is C19H20BrNO2. The van der Waals surface area contributed by atoms with Gasteiger partial charge < -0.3 is 4.74 Å². The number of ether oxygens (including phenoxy) is 1. The maximum atomic E-state index is 12.2. The molecule has 0 bridgehead atoms. The number of rotatable bonds is 4. The predicted octanol–water partition coefficient (Wildman–Crippen LogP) is 3.84. The van der Waals surface area contributed by atoms with Gasteiger partial charge in [-0.1, -0.05) is 58.4 Å². The molecule has 2 aromatic rings. The molecule has 1 aliphatic heterocycles. The van der Waals surface area contributed by atoms with Crippen LogP contribution in [0.1, 0.15) is 17.0 Å². The average molecular weight is 374 g/mol. The first kappa shape index (κ1) is 16.2. The quantitative estimate of drug-likeness (QED) is 0.762. The Morgan fingerprint density at radius 1 is 1.17 bits per heavy atom. The van der Waals surface area contributed by atoms with Gasteiger partial charge in [-0.3, -0.25) is 9.69 Å². The second kappa shape index (κ2) is 7.28. The Hall–Kier alpha value is -1.65. The van der Waals surface area contributed by atoms with Crippen LogP contribution in [0.25, 0.3) is 0 Å². The minimum Gasteiger partial charge on any atom is -0.469 e. The summed E-state index contributed by atoms with van der Waals surface area (Å²) in [5.41, 5.74) is 2.45. The number of carbonyl (C=O) groups excluding carboxylic acids is 1. The van der Waals surface area contributed by atoms with Crippen molar-refractivity contribution in [2.45, 2.75) is 12.5 Å². The van der Waals surface area contributed by atoms with Gasteiger partial charge in [0.1, 0.15) is 0 Å². The predicted molar refractivity (Wildman–Crippen MR) is 94.1 cm³/mol.